The van der Waals surface area contributed by atoms with E-state index in [1.807, 2.05) is 0 Å². The molecule has 0 aromatic heterocycles. The van der Waals surface area contributed by atoms with Gasteiger partial charge in [-0.3, -0.25) is 4.79 Å². The van der Waals surface area contributed by atoms with Crippen LogP contribution in [-0.2, 0) is 9.53 Å². The lowest BCUT2D eigenvalue weighted by Crippen LogP contribution is -2.12. The van der Waals surface area contributed by atoms with Crippen molar-refractivity contribution in [3.8, 4) is 0 Å². The zero-order valence-corrected chi connectivity index (χ0v) is 8.55. The Labute approximate surface area is 80.7 Å². The molecule has 0 bridgehead atoms. The second-order valence-electron chi connectivity index (χ2n) is 4.03. The molecule has 0 unspecified atom stereocenters. The van der Waals surface area contributed by atoms with Crippen molar-refractivity contribution >= 4 is 5.78 Å². The van der Waals surface area contributed by atoms with Gasteiger partial charge in [0.1, 0.15) is 6.61 Å². The van der Waals surface area contributed by atoms with Gasteiger partial charge in [-0.1, -0.05) is 38.5 Å². The molecule has 1 aliphatic rings. The fourth-order valence-corrected chi connectivity index (χ4v) is 2.11. The first-order valence-electron chi connectivity index (χ1n) is 5.33. The molecule has 0 radical (unpaired) electrons. The van der Waals surface area contributed by atoms with Gasteiger partial charge in [-0.25, -0.2) is 0 Å². The van der Waals surface area contributed by atoms with E-state index in [0.29, 0.717) is 12.5 Å². The summed E-state index contributed by atoms with van der Waals surface area (Å²) in [6, 6.07) is 0. The maximum atomic E-state index is 11.3. The molecule has 0 amide bonds. The largest absolute Gasteiger partial charge is 0.377 e. The second kappa shape index (κ2) is 6.14. The van der Waals surface area contributed by atoms with Crippen molar-refractivity contribution < 1.29 is 9.53 Å². The third-order valence-electron chi connectivity index (χ3n) is 2.80. The summed E-state index contributed by atoms with van der Waals surface area (Å²) in [6.45, 7) is 0.302. The lowest BCUT2D eigenvalue weighted by Gasteiger charge is -2.11. The van der Waals surface area contributed by atoms with E-state index >= 15 is 0 Å². The lowest BCUT2D eigenvalue weighted by molar-refractivity contribution is -0.123. The van der Waals surface area contributed by atoms with Crippen molar-refractivity contribution in [1.29, 1.82) is 0 Å². The summed E-state index contributed by atoms with van der Waals surface area (Å²) in [5.74, 6) is 0.916. The average molecular weight is 184 g/mol. The highest BCUT2D eigenvalue weighted by Crippen LogP contribution is 2.25. The SMILES string of the molecule is COCC(=O)CC1CCCCCC1. The van der Waals surface area contributed by atoms with Gasteiger partial charge >= 0.3 is 0 Å². The third-order valence-corrected chi connectivity index (χ3v) is 2.80. The van der Waals surface area contributed by atoms with Crippen LogP contribution in [0.4, 0.5) is 0 Å². The van der Waals surface area contributed by atoms with Crippen molar-refractivity contribution in [2.45, 2.75) is 44.9 Å². The normalized spacial score (nSPS) is 19.8. The minimum atomic E-state index is 0.273. The van der Waals surface area contributed by atoms with Crippen molar-refractivity contribution in [3.05, 3.63) is 0 Å². The fraction of sp³-hybridized carbons (Fsp3) is 0.909. The second-order valence-corrected chi connectivity index (χ2v) is 4.03. The molecule has 1 aliphatic carbocycles. The summed E-state index contributed by atoms with van der Waals surface area (Å²) in [5.41, 5.74) is 0. The van der Waals surface area contributed by atoms with Gasteiger partial charge < -0.3 is 4.74 Å². The first kappa shape index (κ1) is 10.7. The number of Topliss-reactive ketones (excluding diaryl/α,β-unsaturated/α-hetero) is 1. The van der Waals surface area contributed by atoms with Crippen LogP contribution in [0.3, 0.4) is 0 Å². The minimum Gasteiger partial charge on any atom is -0.377 e. The summed E-state index contributed by atoms with van der Waals surface area (Å²) in [7, 11) is 1.59. The van der Waals surface area contributed by atoms with E-state index in [2.05, 4.69) is 0 Å². The number of ether oxygens (including phenoxy) is 1. The Kier molecular flexibility index (Phi) is 5.06. The van der Waals surface area contributed by atoms with E-state index in [-0.39, 0.29) is 5.78 Å². The molecule has 1 saturated carbocycles. The Morgan fingerprint density at radius 2 is 1.85 bits per heavy atom. The molecule has 2 nitrogen and oxygen atoms in total. The van der Waals surface area contributed by atoms with Crippen molar-refractivity contribution in [1.82, 2.24) is 0 Å². The molecule has 0 aromatic rings. The van der Waals surface area contributed by atoms with Crippen LogP contribution in [0.15, 0.2) is 0 Å². The van der Waals surface area contributed by atoms with Gasteiger partial charge in [-0.05, 0) is 5.92 Å². The minimum absolute atomic E-state index is 0.273. The number of hydrogen-bond donors (Lipinski definition) is 0. The van der Waals surface area contributed by atoms with Crippen molar-refractivity contribution in [2.24, 2.45) is 5.92 Å². The third kappa shape index (κ3) is 4.41. The Morgan fingerprint density at radius 3 is 2.38 bits per heavy atom. The van der Waals surface area contributed by atoms with Gasteiger partial charge in [-0.2, -0.15) is 0 Å². The van der Waals surface area contributed by atoms with Crippen LogP contribution in [0, 0.1) is 5.92 Å². The van der Waals surface area contributed by atoms with Crippen LogP contribution >= 0.6 is 0 Å². The first-order valence-corrected chi connectivity index (χ1v) is 5.33. The van der Waals surface area contributed by atoms with E-state index in [4.69, 9.17) is 4.74 Å². The van der Waals surface area contributed by atoms with E-state index in [1.54, 1.807) is 7.11 Å². The molecule has 1 fully saturated rings. The first-order chi connectivity index (χ1) is 6.33. The van der Waals surface area contributed by atoms with Gasteiger partial charge in [0.2, 0.25) is 0 Å². The summed E-state index contributed by atoms with van der Waals surface area (Å²) in [5, 5.41) is 0. The number of methoxy groups -OCH3 is 1. The van der Waals surface area contributed by atoms with E-state index < -0.39 is 0 Å². The van der Waals surface area contributed by atoms with Gasteiger partial charge in [0.25, 0.3) is 0 Å². The topological polar surface area (TPSA) is 26.3 Å². The lowest BCUT2D eigenvalue weighted by atomic mass is 9.95. The van der Waals surface area contributed by atoms with Gasteiger partial charge in [-0.15, -0.1) is 0 Å². The molecule has 0 aliphatic heterocycles. The Bertz CT molecular complexity index is 146. The van der Waals surface area contributed by atoms with E-state index in [0.717, 1.165) is 6.42 Å². The molecular weight excluding hydrogens is 164 g/mol. The van der Waals surface area contributed by atoms with Crippen LogP contribution in [0.1, 0.15) is 44.9 Å². The molecule has 0 N–H and O–H groups in total. The Balaban J connectivity index is 2.21. The fourth-order valence-electron chi connectivity index (χ4n) is 2.11. The highest BCUT2D eigenvalue weighted by atomic mass is 16.5. The molecule has 0 heterocycles. The summed E-state index contributed by atoms with van der Waals surface area (Å²) >= 11 is 0. The van der Waals surface area contributed by atoms with Crippen LogP contribution < -0.4 is 0 Å². The number of ketones is 1. The summed E-state index contributed by atoms with van der Waals surface area (Å²) in [4.78, 5) is 11.3. The number of carbonyl (C=O) groups excluding carboxylic acids is 1. The number of hydrogen-bond acceptors (Lipinski definition) is 2. The van der Waals surface area contributed by atoms with Crippen LogP contribution in [-0.4, -0.2) is 19.5 Å². The smallest absolute Gasteiger partial charge is 0.158 e. The summed E-state index contributed by atoms with van der Waals surface area (Å²) in [6.07, 6.45) is 8.57. The predicted molar refractivity (Wildman–Crippen MR) is 52.7 cm³/mol. The monoisotopic (exact) mass is 184 g/mol. The maximum Gasteiger partial charge on any atom is 0.158 e. The Morgan fingerprint density at radius 1 is 1.23 bits per heavy atom. The molecule has 76 valence electrons. The summed E-state index contributed by atoms with van der Waals surface area (Å²) < 4.78 is 4.83. The number of rotatable bonds is 4. The zero-order valence-electron chi connectivity index (χ0n) is 8.55. The molecule has 2 heteroatoms. The van der Waals surface area contributed by atoms with E-state index in [9.17, 15) is 4.79 Å². The maximum absolute atomic E-state index is 11.3. The zero-order chi connectivity index (χ0) is 9.52. The molecular formula is C11H20O2. The predicted octanol–water partition coefficient (Wildman–Crippen LogP) is 2.56. The average Bonchev–Trinajstić information content (AvgIpc) is 2.33. The molecule has 0 atom stereocenters. The van der Waals surface area contributed by atoms with Crippen molar-refractivity contribution in [2.75, 3.05) is 13.7 Å². The number of carbonyl (C=O) groups is 1. The molecule has 13 heavy (non-hydrogen) atoms. The Hall–Kier alpha value is -0.370. The molecule has 0 spiro atoms. The van der Waals surface area contributed by atoms with Crippen molar-refractivity contribution in [3.63, 3.8) is 0 Å². The quantitative estimate of drug-likeness (QED) is 0.628. The van der Waals surface area contributed by atoms with Gasteiger partial charge in [0.15, 0.2) is 5.78 Å². The van der Waals surface area contributed by atoms with Crippen LogP contribution in [0.2, 0.25) is 0 Å². The van der Waals surface area contributed by atoms with Crippen LogP contribution in [0.25, 0.3) is 0 Å². The highest BCUT2D eigenvalue weighted by Gasteiger charge is 2.15. The van der Waals surface area contributed by atoms with E-state index in [1.165, 1.54) is 38.5 Å². The standard InChI is InChI=1S/C11H20O2/c1-13-9-11(12)8-10-6-4-2-3-5-7-10/h10H,2-9H2,1H3. The molecule has 0 aromatic carbocycles. The van der Waals surface area contributed by atoms with Gasteiger partial charge in [0, 0.05) is 13.5 Å². The molecule has 0 saturated heterocycles. The van der Waals surface area contributed by atoms with Gasteiger partial charge in [0.05, 0.1) is 0 Å². The highest BCUT2D eigenvalue weighted by molar-refractivity contribution is 5.79. The molecule has 1 rings (SSSR count). The van der Waals surface area contributed by atoms with Crippen LogP contribution in [0.5, 0.6) is 0 Å².